The van der Waals surface area contributed by atoms with Crippen LogP contribution in [-0.4, -0.2) is 52.3 Å². The maximum Gasteiger partial charge on any atom is 0.419 e. The van der Waals surface area contributed by atoms with E-state index in [2.05, 4.69) is 21.4 Å². The highest BCUT2D eigenvalue weighted by Gasteiger charge is 2.34. The zero-order chi connectivity index (χ0) is 21.2. The number of hydrogen-bond donors (Lipinski definition) is 1. The van der Waals surface area contributed by atoms with Gasteiger partial charge in [-0.15, -0.1) is 0 Å². The summed E-state index contributed by atoms with van der Waals surface area (Å²) in [6.45, 7) is 12.2. The van der Waals surface area contributed by atoms with Gasteiger partial charge in [0.05, 0.1) is 24.5 Å². The van der Waals surface area contributed by atoms with Crippen LogP contribution in [0.2, 0.25) is 0 Å². The lowest BCUT2D eigenvalue weighted by Gasteiger charge is -2.27. The highest BCUT2D eigenvalue weighted by Crippen LogP contribution is 2.35. The number of rotatable bonds is 6. The Hall–Kier alpha value is -2.39. The third-order valence-corrected chi connectivity index (χ3v) is 4.93. The molecule has 0 saturated carbocycles. The number of aromatic nitrogens is 3. The van der Waals surface area contributed by atoms with Crippen LogP contribution in [0.4, 0.5) is 19.0 Å². The summed E-state index contributed by atoms with van der Waals surface area (Å²) < 4.78 is 46.8. The second-order valence-electron chi connectivity index (χ2n) is 7.43. The molecule has 0 spiro atoms. The summed E-state index contributed by atoms with van der Waals surface area (Å²) in [7, 11) is 0. The van der Waals surface area contributed by atoms with Crippen LogP contribution in [0.25, 0.3) is 17.0 Å². The van der Waals surface area contributed by atoms with Crippen molar-refractivity contribution in [3.63, 3.8) is 0 Å². The van der Waals surface area contributed by atoms with Crippen LogP contribution in [-0.2, 0) is 10.9 Å². The lowest BCUT2D eigenvalue weighted by atomic mass is 10.1. The largest absolute Gasteiger partial charge is 0.419 e. The summed E-state index contributed by atoms with van der Waals surface area (Å²) in [6.07, 6.45) is -0.802. The predicted molar refractivity (Wildman–Crippen MR) is 106 cm³/mol. The first-order chi connectivity index (χ1) is 13.7. The molecule has 9 heteroatoms. The lowest BCUT2D eigenvalue weighted by Crippen LogP contribution is -2.37. The van der Waals surface area contributed by atoms with Crippen molar-refractivity contribution in [3.05, 3.63) is 36.4 Å². The van der Waals surface area contributed by atoms with Gasteiger partial charge in [-0.2, -0.15) is 13.2 Å². The molecular weight excluding hydrogens is 383 g/mol. The van der Waals surface area contributed by atoms with Crippen molar-refractivity contribution >= 4 is 11.5 Å². The smallest absolute Gasteiger partial charge is 0.383 e. The molecule has 2 aromatic rings. The second kappa shape index (κ2) is 8.54. The molecule has 1 aliphatic heterocycles. The van der Waals surface area contributed by atoms with Crippen LogP contribution in [0.1, 0.15) is 37.6 Å². The minimum absolute atomic E-state index is 0.0766. The highest BCUT2D eigenvalue weighted by atomic mass is 19.4. The van der Waals surface area contributed by atoms with E-state index in [4.69, 9.17) is 10.5 Å². The van der Waals surface area contributed by atoms with Gasteiger partial charge in [0.15, 0.2) is 0 Å². The number of nitrogens with two attached hydrogens (primary N) is 1. The van der Waals surface area contributed by atoms with Gasteiger partial charge in [-0.05, 0) is 6.07 Å². The molecule has 3 heterocycles. The first-order valence-corrected chi connectivity index (χ1v) is 9.57. The van der Waals surface area contributed by atoms with E-state index in [9.17, 15) is 13.2 Å². The number of halogens is 3. The van der Waals surface area contributed by atoms with E-state index in [1.54, 1.807) is 6.20 Å². The molecule has 0 atom stereocenters. The van der Waals surface area contributed by atoms with Crippen LogP contribution in [0.5, 0.6) is 0 Å². The molecule has 1 aliphatic rings. The van der Waals surface area contributed by atoms with Crippen molar-refractivity contribution in [1.29, 1.82) is 0 Å². The summed E-state index contributed by atoms with van der Waals surface area (Å²) >= 11 is 0. The molecule has 3 rings (SSSR count). The number of pyridine rings is 1. The van der Waals surface area contributed by atoms with E-state index in [1.165, 1.54) is 6.20 Å². The van der Waals surface area contributed by atoms with Crippen LogP contribution < -0.4 is 5.73 Å². The number of nitrogens with zero attached hydrogens (tertiary/aromatic N) is 4. The quantitative estimate of drug-likeness (QED) is 0.785. The Kier molecular flexibility index (Phi) is 6.28. The topological polar surface area (TPSA) is 69.2 Å². The van der Waals surface area contributed by atoms with Crippen LogP contribution in [0.15, 0.2) is 25.0 Å². The monoisotopic (exact) mass is 409 g/mol. The summed E-state index contributed by atoms with van der Waals surface area (Å²) in [4.78, 5) is 10.6. The summed E-state index contributed by atoms with van der Waals surface area (Å²) in [5.41, 5.74) is 5.99. The van der Waals surface area contributed by atoms with E-state index < -0.39 is 17.6 Å². The molecule has 1 saturated heterocycles. The Morgan fingerprint density at radius 1 is 1.31 bits per heavy atom. The molecule has 2 aromatic heterocycles. The first-order valence-electron chi connectivity index (χ1n) is 9.57. The van der Waals surface area contributed by atoms with Crippen LogP contribution in [0.3, 0.4) is 0 Å². The summed E-state index contributed by atoms with van der Waals surface area (Å²) in [5.74, 6) is 0.282. The molecule has 6 nitrogen and oxygen atoms in total. The molecular formula is C20H26F3N5O. The number of alkyl halides is 3. The van der Waals surface area contributed by atoms with Gasteiger partial charge in [0.2, 0.25) is 0 Å². The molecule has 158 valence electrons. The van der Waals surface area contributed by atoms with Crippen LogP contribution >= 0.6 is 0 Å². The zero-order valence-electron chi connectivity index (χ0n) is 16.7. The maximum atomic E-state index is 13.2. The molecule has 0 amide bonds. The van der Waals surface area contributed by atoms with Gasteiger partial charge in [-0.3, -0.25) is 4.90 Å². The van der Waals surface area contributed by atoms with Crippen molar-refractivity contribution < 1.29 is 17.9 Å². The molecule has 0 aromatic carbocycles. The number of hydrogen-bond acceptors (Lipinski definition) is 5. The van der Waals surface area contributed by atoms with E-state index in [0.29, 0.717) is 5.69 Å². The Morgan fingerprint density at radius 3 is 2.62 bits per heavy atom. The molecule has 2 N–H and O–H groups in total. The highest BCUT2D eigenvalue weighted by molar-refractivity contribution is 5.63. The van der Waals surface area contributed by atoms with Gasteiger partial charge < -0.3 is 15.0 Å². The number of imidazole rings is 1. The number of morpholine rings is 1. The third-order valence-electron chi connectivity index (χ3n) is 4.93. The minimum atomic E-state index is -4.57. The van der Waals surface area contributed by atoms with Crippen LogP contribution in [0, 0.1) is 0 Å². The summed E-state index contributed by atoms with van der Waals surface area (Å²) in [5, 5.41) is 0. The normalized spacial score (nSPS) is 15.8. The SMILES string of the molecule is C=C(CCN1CCOCC1)n1cc(-c2cnc(N)c(C(F)(F)F)c2)nc1C(C)C. The molecule has 0 bridgehead atoms. The molecule has 1 fully saturated rings. The van der Waals surface area contributed by atoms with Gasteiger partial charge in [0, 0.05) is 55.6 Å². The average Bonchev–Trinajstić information content (AvgIpc) is 3.12. The van der Waals surface area contributed by atoms with Gasteiger partial charge >= 0.3 is 6.18 Å². The number of anilines is 1. The molecule has 29 heavy (non-hydrogen) atoms. The Morgan fingerprint density at radius 2 is 2.00 bits per heavy atom. The van der Waals surface area contributed by atoms with E-state index in [1.807, 2.05) is 18.4 Å². The van der Waals surface area contributed by atoms with Gasteiger partial charge in [0.25, 0.3) is 0 Å². The Bertz CT molecular complexity index is 869. The Labute approximate surface area is 168 Å². The first kappa shape index (κ1) is 21.3. The van der Waals surface area contributed by atoms with Crippen molar-refractivity contribution in [2.45, 2.75) is 32.4 Å². The average molecular weight is 409 g/mol. The minimum Gasteiger partial charge on any atom is -0.383 e. The molecule has 0 unspecified atom stereocenters. The van der Waals surface area contributed by atoms with Crippen molar-refractivity contribution in [3.8, 4) is 11.3 Å². The fourth-order valence-electron chi connectivity index (χ4n) is 3.27. The van der Waals surface area contributed by atoms with Crippen molar-refractivity contribution in [1.82, 2.24) is 19.4 Å². The Balaban J connectivity index is 1.86. The fourth-order valence-corrected chi connectivity index (χ4v) is 3.27. The zero-order valence-corrected chi connectivity index (χ0v) is 16.7. The van der Waals surface area contributed by atoms with Gasteiger partial charge in [0.1, 0.15) is 11.6 Å². The fraction of sp³-hybridized carbons (Fsp3) is 0.500. The van der Waals surface area contributed by atoms with Crippen molar-refractivity contribution in [2.75, 3.05) is 38.6 Å². The molecule has 0 aliphatic carbocycles. The standard InChI is InChI=1S/C20H26F3N5O/c1-13(2)19-26-17(15-10-16(20(21,22)23)18(24)25-11-15)12-28(19)14(3)4-5-27-6-8-29-9-7-27/h10-13H,3-9H2,1-2H3,(H2,24,25). The number of nitrogen functional groups attached to an aromatic ring is 1. The van der Waals surface area contributed by atoms with Gasteiger partial charge in [-0.25, -0.2) is 9.97 Å². The maximum absolute atomic E-state index is 13.2. The number of ether oxygens (including phenoxy) is 1. The van der Waals surface area contributed by atoms with Gasteiger partial charge in [-0.1, -0.05) is 20.4 Å². The van der Waals surface area contributed by atoms with E-state index in [-0.39, 0.29) is 11.5 Å². The second-order valence-corrected chi connectivity index (χ2v) is 7.43. The summed E-state index contributed by atoms with van der Waals surface area (Å²) in [6, 6.07) is 0.996. The third kappa shape index (κ3) is 4.97. The lowest BCUT2D eigenvalue weighted by molar-refractivity contribution is -0.137. The van der Waals surface area contributed by atoms with E-state index in [0.717, 1.165) is 56.9 Å². The van der Waals surface area contributed by atoms with E-state index >= 15 is 0 Å². The van der Waals surface area contributed by atoms with Crippen molar-refractivity contribution in [2.24, 2.45) is 0 Å². The predicted octanol–water partition coefficient (Wildman–Crippen LogP) is 3.86. The molecule has 0 radical (unpaired) electrons.